The summed E-state index contributed by atoms with van der Waals surface area (Å²) < 4.78 is 10.9. The van der Waals surface area contributed by atoms with E-state index in [1.165, 1.54) is 0 Å². The van der Waals surface area contributed by atoms with Crippen LogP contribution in [0.4, 0.5) is 0 Å². The maximum absolute atomic E-state index is 12.5. The number of nitrogens with one attached hydrogen (secondary N) is 1. The summed E-state index contributed by atoms with van der Waals surface area (Å²) in [7, 11) is 1.63. The Morgan fingerprint density at radius 3 is 2.43 bits per heavy atom. The van der Waals surface area contributed by atoms with Crippen molar-refractivity contribution in [3.8, 4) is 11.5 Å². The maximum Gasteiger partial charge on any atom is 0.252 e. The quantitative estimate of drug-likeness (QED) is 0.572. The van der Waals surface area contributed by atoms with E-state index < -0.39 is 5.91 Å². The third-order valence-electron chi connectivity index (χ3n) is 4.59. The van der Waals surface area contributed by atoms with Gasteiger partial charge in [-0.05, 0) is 53.9 Å². The van der Waals surface area contributed by atoms with E-state index in [4.69, 9.17) is 15.2 Å². The second-order valence-electron chi connectivity index (χ2n) is 6.70. The summed E-state index contributed by atoms with van der Waals surface area (Å²) in [5.41, 5.74) is 8.18. The van der Waals surface area contributed by atoms with Gasteiger partial charge in [0, 0.05) is 12.1 Å². The number of rotatable bonds is 9. The molecule has 0 aromatic heterocycles. The molecule has 3 aromatic rings. The highest BCUT2D eigenvalue weighted by Crippen LogP contribution is 2.19. The molecule has 30 heavy (non-hydrogen) atoms. The van der Waals surface area contributed by atoms with Crippen LogP contribution in [-0.2, 0) is 13.0 Å². The molecule has 154 valence electrons. The van der Waals surface area contributed by atoms with Gasteiger partial charge in [-0.15, -0.1) is 0 Å². The van der Waals surface area contributed by atoms with Crippen molar-refractivity contribution in [3.63, 3.8) is 0 Å². The number of benzene rings is 3. The molecule has 6 heteroatoms. The molecule has 0 aliphatic heterocycles. The number of ether oxygens (including phenoxy) is 2. The third kappa shape index (κ3) is 5.61. The number of para-hydroxylation sites is 1. The predicted octanol–water partition coefficient (Wildman–Crippen LogP) is 3.35. The smallest absolute Gasteiger partial charge is 0.252 e. The second-order valence-corrected chi connectivity index (χ2v) is 6.70. The summed E-state index contributed by atoms with van der Waals surface area (Å²) in [6, 6.07) is 21.8. The Morgan fingerprint density at radius 2 is 1.70 bits per heavy atom. The van der Waals surface area contributed by atoms with Gasteiger partial charge in [-0.3, -0.25) is 9.59 Å². The van der Waals surface area contributed by atoms with Gasteiger partial charge < -0.3 is 20.5 Å². The molecule has 2 amide bonds. The van der Waals surface area contributed by atoms with E-state index >= 15 is 0 Å². The molecule has 0 spiro atoms. The summed E-state index contributed by atoms with van der Waals surface area (Å²) >= 11 is 0. The van der Waals surface area contributed by atoms with Crippen LogP contribution in [0.15, 0.2) is 72.8 Å². The van der Waals surface area contributed by atoms with Crippen molar-refractivity contribution in [2.75, 3.05) is 13.7 Å². The molecule has 0 unspecified atom stereocenters. The Kier molecular flexibility index (Phi) is 7.05. The summed E-state index contributed by atoms with van der Waals surface area (Å²) in [6.45, 7) is 0.745. The van der Waals surface area contributed by atoms with E-state index in [0.717, 1.165) is 23.3 Å². The number of hydrogen-bond acceptors (Lipinski definition) is 4. The first-order valence-corrected chi connectivity index (χ1v) is 9.58. The highest BCUT2D eigenvalue weighted by Gasteiger charge is 2.10. The Labute approximate surface area is 175 Å². The minimum absolute atomic E-state index is 0.150. The van der Waals surface area contributed by atoms with Crippen LogP contribution < -0.4 is 20.5 Å². The molecule has 0 atom stereocenters. The molecule has 6 nitrogen and oxygen atoms in total. The largest absolute Gasteiger partial charge is 0.497 e. The first-order valence-electron chi connectivity index (χ1n) is 9.58. The Balaban J connectivity index is 1.55. The predicted molar refractivity (Wildman–Crippen MR) is 115 cm³/mol. The molecule has 0 fully saturated rings. The first-order chi connectivity index (χ1) is 14.6. The average molecular weight is 404 g/mol. The highest BCUT2D eigenvalue weighted by molar-refractivity contribution is 5.95. The van der Waals surface area contributed by atoms with Gasteiger partial charge in [-0.2, -0.15) is 0 Å². The van der Waals surface area contributed by atoms with Crippen LogP contribution in [0.2, 0.25) is 0 Å². The fourth-order valence-corrected chi connectivity index (χ4v) is 2.97. The standard InChI is InChI=1S/C24H24N2O4/c1-29-20-11-9-17(10-12-20)13-14-26-24(28)19-6-4-5-18(15-19)16-30-22-8-3-2-7-21(22)23(25)27/h2-12,15H,13-14,16H2,1H3,(H2,25,27)(H,26,28). The van der Waals surface area contributed by atoms with Crippen LogP contribution in [0, 0.1) is 0 Å². The molecule has 0 radical (unpaired) electrons. The monoisotopic (exact) mass is 404 g/mol. The molecule has 3 N–H and O–H groups in total. The fourth-order valence-electron chi connectivity index (χ4n) is 2.97. The van der Waals surface area contributed by atoms with Crippen molar-refractivity contribution in [1.82, 2.24) is 5.32 Å². The van der Waals surface area contributed by atoms with E-state index in [-0.39, 0.29) is 12.5 Å². The molecular formula is C24H24N2O4. The molecule has 3 aromatic carbocycles. The molecule has 0 aliphatic rings. The number of nitrogens with two attached hydrogens (primary N) is 1. The zero-order valence-corrected chi connectivity index (χ0v) is 16.8. The number of methoxy groups -OCH3 is 1. The van der Waals surface area contributed by atoms with Crippen molar-refractivity contribution in [3.05, 3.63) is 95.1 Å². The SMILES string of the molecule is COc1ccc(CCNC(=O)c2cccc(COc3ccccc3C(N)=O)c2)cc1. The summed E-state index contributed by atoms with van der Waals surface area (Å²) in [5, 5.41) is 2.93. The molecule has 3 rings (SSSR count). The van der Waals surface area contributed by atoms with Crippen LogP contribution in [0.5, 0.6) is 11.5 Å². The lowest BCUT2D eigenvalue weighted by Crippen LogP contribution is -2.25. The van der Waals surface area contributed by atoms with E-state index in [0.29, 0.717) is 23.4 Å². The van der Waals surface area contributed by atoms with Gasteiger partial charge in [0.05, 0.1) is 12.7 Å². The number of carbonyl (C=O) groups is 2. The van der Waals surface area contributed by atoms with Gasteiger partial charge >= 0.3 is 0 Å². The van der Waals surface area contributed by atoms with Crippen LogP contribution in [0.25, 0.3) is 0 Å². The average Bonchev–Trinajstić information content (AvgIpc) is 2.78. The van der Waals surface area contributed by atoms with Crippen LogP contribution in [-0.4, -0.2) is 25.5 Å². The minimum atomic E-state index is -0.546. The zero-order valence-electron chi connectivity index (χ0n) is 16.8. The van der Waals surface area contributed by atoms with E-state index in [1.807, 2.05) is 30.3 Å². The van der Waals surface area contributed by atoms with Gasteiger partial charge in [0.1, 0.15) is 18.1 Å². The summed E-state index contributed by atoms with van der Waals surface area (Å²) in [6.07, 6.45) is 0.725. The minimum Gasteiger partial charge on any atom is -0.497 e. The lowest BCUT2D eigenvalue weighted by molar-refractivity contribution is 0.0952. The number of hydrogen-bond donors (Lipinski definition) is 2. The Hall–Kier alpha value is -3.80. The first kappa shape index (κ1) is 20.9. The lowest BCUT2D eigenvalue weighted by Gasteiger charge is -2.11. The van der Waals surface area contributed by atoms with Gasteiger partial charge in [0.15, 0.2) is 0 Å². The molecule has 0 saturated carbocycles. The Morgan fingerprint density at radius 1 is 0.933 bits per heavy atom. The fraction of sp³-hybridized carbons (Fsp3) is 0.167. The topological polar surface area (TPSA) is 90.7 Å². The third-order valence-corrected chi connectivity index (χ3v) is 4.59. The molecule has 0 bridgehead atoms. The number of primary amides is 1. The molecule has 0 aliphatic carbocycles. The van der Waals surface area contributed by atoms with Crippen molar-refractivity contribution in [1.29, 1.82) is 0 Å². The normalized spacial score (nSPS) is 10.3. The van der Waals surface area contributed by atoms with Crippen LogP contribution >= 0.6 is 0 Å². The van der Waals surface area contributed by atoms with Gasteiger partial charge in [-0.1, -0.05) is 36.4 Å². The molecular weight excluding hydrogens is 380 g/mol. The highest BCUT2D eigenvalue weighted by atomic mass is 16.5. The van der Waals surface area contributed by atoms with Gasteiger partial charge in [0.2, 0.25) is 0 Å². The Bertz CT molecular complexity index is 1020. The molecule has 0 saturated heterocycles. The number of amides is 2. The maximum atomic E-state index is 12.5. The lowest BCUT2D eigenvalue weighted by atomic mass is 10.1. The van der Waals surface area contributed by atoms with Gasteiger partial charge in [0.25, 0.3) is 11.8 Å². The van der Waals surface area contributed by atoms with Crippen molar-refractivity contribution in [2.45, 2.75) is 13.0 Å². The summed E-state index contributed by atoms with van der Waals surface area (Å²) in [5.74, 6) is 0.526. The van der Waals surface area contributed by atoms with Crippen molar-refractivity contribution >= 4 is 11.8 Å². The zero-order chi connectivity index (χ0) is 21.3. The van der Waals surface area contributed by atoms with E-state index in [9.17, 15) is 9.59 Å². The number of carbonyl (C=O) groups excluding carboxylic acids is 2. The van der Waals surface area contributed by atoms with Crippen LogP contribution in [0.1, 0.15) is 31.8 Å². The van der Waals surface area contributed by atoms with E-state index in [2.05, 4.69) is 5.32 Å². The second kappa shape index (κ2) is 10.1. The van der Waals surface area contributed by atoms with Gasteiger partial charge in [-0.25, -0.2) is 0 Å². The summed E-state index contributed by atoms with van der Waals surface area (Å²) in [4.78, 5) is 24.0. The van der Waals surface area contributed by atoms with Crippen molar-refractivity contribution < 1.29 is 19.1 Å². The van der Waals surface area contributed by atoms with E-state index in [1.54, 1.807) is 49.6 Å². The van der Waals surface area contributed by atoms with Crippen molar-refractivity contribution in [2.24, 2.45) is 5.73 Å². The van der Waals surface area contributed by atoms with Crippen LogP contribution in [0.3, 0.4) is 0 Å². The molecule has 0 heterocycles.